The third-order valence-electron chi connectivity index (χ3n) is 4.24. The highest BCUT2D eigenvalue weighted by atomic mass is 32.2. The maximum absolute atomic E-state index is 12.5. The third-order valence-corrected chi connectivity index (χ3v) is 5.75. The Morgan fingerprint density at radius 3 is 2.43 bits per heavy atom. The fraction of sp³-hybridized carbons (Fsp3) is 0.412. The summed E-state index contributed by atoms with van der Waals surface area (Å²) in [6, 6.07) is 12.3. The van der Waals surface area contributed by atoms with Crippen molar-refractivity contribution in [2.45, 2.75) is 49.2 Å². The normalized spacial score (nSPS) is 22.1. The number of sulfonamides is 1. The van der Waals surface area contributed by atoms with Gasteiger partial charge in [-0.1, -0.05) is 31.0 Å². The Morgan fingerprint density at radius 1 is 1.00 bits per heavy atom. The van der Waals surface area contributed by atoms with Gasteiger partial charge in [-0.15, -0.1) is 0 Å². The van der Waals surface area contributed by atoms with Crippen LogP contribution in [0.2, 0.25) is 0 Å². The van der Waals surface area contributed by atoms with Gasteiger partial charge in [-0.05, 0) is 37.1 Å². The Hall–Kier alpha value is -1.63. The van der Waals surface area contributed by atoms with E-state index in [-0.39, 0.29) is 12.1 Å². The van der Waals surface area contributed by atoms with E-state index >= 15 is 0 Å². The van der Waals surface area contributed by atoms with Gasteiger partial charge in [0.05, 0.1) is 17.7 Å². The van der Waals surface area contributed by atoms with E-state index < -0.39 is 10.0 Å². The molecule has 1 heterocycles. The lowest BCUT2D eigenvalue weighted by Crippen LogP contribution is -2.51. The lowest BCUT2D eigenvalue weighted by Gasteiger charge is -2.32. The third kappa shape index (κ3) is 4.22. The molecule has 23 heavy (non-hydrogen) atoms. The van der Waals surface area contributed by atoms with E-state index in [0.717, 1.165) is 31.4 Å². The molecule has 1 aromatic carbocycles. The van der Waals surface area contributed by atoms with E-state index in [4.69, 9.17) is 4.42 Å². The topological polar surface area (TPSA) is 71.3 Å². The summed E-state index contributed by atoms with van der Waals surface area (Å²) in [6.45, 7) is 0.612. The molecule has 6 heteroatoms. The van der Waals surface area contributed by atoms with E-state index in [0.29, 0.717) is 11.4 Å². The quantitative estimate of drug-likeness (QED) is 0.852. The minimum absolute atomic E-state index is 0.0936. The van der Waals surface area contributed by atoms with Crippen molar-refractivity contribution in [2.24, 2.45) is 0 Å². The maximum Gasteiger partial charge on any atom is 0.240 e. The van der Waals surface area contributed by atoms with E-state index in [9.17, 15) is 8.42 Å². The summed E-state index contributed by atoms with van der Waals surface area (Å²) in [4.78, 5) is 0.315. The molecule has 1 aliphatic carbocycles. The molecule has 0 bridgehead atoms. The Bertz CT molecular complexity index is 699. The Labute approximate surface area is 137 Å². The van der Waals surface area contributed by atoms with Crippen LogP contribution in [-0.4, -0.2) is 20.5 Å². The Kier molecular flexibility index (Phi) is 5.15. The van der Waals surface area contributed by atoms with Crippen molar-refractivity contribution in [2.75, 3.05) is 0 Å². The molecule has 1 aromatic heterocycles. The monoisotopic (exact) mass is 334 g/mol. The van der Waals surface area contributed by atoms with Crippen LogP contribution in [0, 0.1) is 0 Å². The smallest absolute Gasteiger partial charge is 0.240 e. The Balaban J connectivity index is 1.66. The average molecular weight is 334 g/mol. The summed E-state index contributed by atoms with van der Waals surface area (Å²) in [5, 5.41) is 3.43. The van der Waals surface area contributed by atoms with Crippen LogP contribution in [-0.2, 0) is 16.6 Å². The van der Waals surface area contributed by atoms with Crippen LogP contribution >= 0.6 is 0 Å². The van der Waals surface area contributed by atoms with Gasteiger partial charge in [0, 0.05) is 12.1 Å². The van der Waals surface area contributed by atoms with Crippen molar-refractivity contribution in [3.8, 4) is 0 Å². The fourth-order valence-corrected chi connectivity index (χ4v) is 4.36. The first-order chi connectivity index (χ1) is 11.1. The van der Waals surface area contributed by atoms with Gasteiger partial charge in [-0.2, -0.15) is 0 Å². The molecular formula is C17H22N2O3S. The van der Waals surface area contributed by atoms with Crippen molar-refractivity contribution in [1.29, 1.82) is 0 Å². The second kappa shape index (κ2) is 7.29. The number of hydrogen-bond donors (Lipinski definition) is 2. The van der Waals surface area contributed by atoms with Gasteiger partial charge in [0.2, 0.25) is 10.0 Å². The summed E-state index contributed by atoms with van der Waals surface area (Å²) >= 11 is 0. The van der Waals surface area contributed by atoms with Gasteiger partial charge in [-0.3, -0.25) is 0 Å². The van der Waals surface area contributed by atoms with Gasteiger partial charge in [0.15, 0.2) is 0 Å². The largest absolute Gasteiger partial charge is 0.468 e. The minimum Gasteiger partial charge on any atom is -0.468 e. The van der Waals surface area contributed by atoms with E-state index in [1.807, 2.05) is 18.2 Å². The molecule has 1 fully saturated rings. The van der Waals surface area contributed by atoms with Gasteiger partial charge in [0.25, 0.3) is 0 Å². The van der Waals surface area contributed by atoms with Crippen molar-refractivity contribution in [1.82, 2.24) is 10.0 Å². The Morgan fingerprint density at radius 2 is 1.74 bits per heavy atom. The van der Waals surface area contributed by atoms with Crippen LogP contribution < -0.4 is 10.0 Å². The second-order valence-corrected chi connectivity index (χ2v) is 7.61. The summed E-state index contributed by atoms with van der Waals surface area (Å²) in [5.74, 6) is 0.861. The van der Waals surface area contributed by atoms with E-state index in [1.54, 1.807) is 30.5 Å². The van der Waals surface area contributed by atoms with E-state index in [2.05, 4.69) is 10.0 Å². The van der Waals surface area contributed by atoms with Crippen LogP contribution in [0.4, 0.5) is 0 Å². The van der Waals surface area contributed by atoms with Crippen molar-refractivity contribution < 1.29 is 12.8 Å². The molecule has 0 amide bonds. The van der Waals surface area contributed by atoms with Crippen LogP contribution in [0.25, 0.3) is 0 Å². The molecule has 0 aliphatic heterocycles. The molecule has 5 nitrogen and oxygen atoms in total. The molecule has 0 saturated heterocycles. The fourth-order valence-electron chi connectivity index (χ4n) is 3.03. The van der Waals surface area contributed by atoms with Crippen LogP contribution in [0.3, 0.4) is 0 Å². The number of furan rings is 1. The molecular weight excluding hydrogens is 312 g/mol. The maximum atomic E-state index is 12.5. The highest BCUT2D eigenvalue weighted by Crippen LogP contribution is 2.21. The average Bonchev–Trinajstić information content (AvgIpc) is 3.08. The SMILES string of the molecule is O=S(=O)(N[C@@H]1CCCC[C@H]1NCc1ccco1)c1ccccc1. The highest BCUT2D eigenvalue weighted by molar-refractivity contribution is 7.89. The van der Waals surface area contributed by atoms with Crippen molar-refractivity contribution in [3.63, 3.8) is 0 Å². The standard InChI is InChI=1S/C17H22N2O3S/c20-23(21,15-8-2-1-3-9-15)19-17-11-5-4-10-16(17)18-13-14-7-6-12-22-14/h1-3,6-9,12,16-19H,4-5,10-11,13H2/t16-,17-/m1/s1. The van der Waals surface area contributed by atoms with Crippen LogP contribution in [0.5, 0.6) is 0 Å². The van der Waals surface area contributed by atoms with Crippen LogP contribution in [0.15, 0.2) is 58.0 Å². The van der Waals surface area contributed by atoms with Crippen molar-refractivity contribution >= 4 is 10.0 Å². The molecule has 3 rings (SSSR count). The zero-order chi connectivity index (χ0) is 16.1. The summed E-state index contributed by atoms with van der Waals surface area (Å²) < 4.78 is 33.2. The van der Waals surface area contributed by atoms with Gasteiger partial charge in [-0.25, -0.2) is 13.1 Å². The zero-order valence-electron chi connectivity index (χ0n) is 12.9. The molecule has 1 saturated carbocycles. The molecule has 2 atom stereocenters. The first-order valence-corrected chi connectivity index (χ1v) is 9.46. The predicted molar refractivity (Wildman–Crippen MR) is 88.4 cm³/mol. The van der Waals surface area contributed by atoms with Crippen molar-refractivity contribution in [3.05, 3.63) is 54.5 Å². The summed E-state index contributed by atoms with van der Waals surface area (Å²) in [5.41, 5.74) is 0. The number of nitrogens with one attached hydrogen (secondary N) is 2. The highest BCUT2D eigenvalue weighted by Gasteiger charge is 2.29. The number of hydrogen-bond acceptors (Lipinski definition) is 4. The van der Waals surface area contributed by atoms with Gasteiger partial charge in [0.1, 0.15) is 5.76 Å². The molecule has 2 N–H and O–H groups in total. The molecule has 0 spiro atoms. The lowest BCUT2D eigenvalue weighted by molar-refractivity contribution is 0.301. The molecule has 0 unspecified atom stereocenters. The number of rotatable bonds is 6. The minimum atomic E-state index is -3.48. The zero-order valence-corrected chi connectivity index (χ0v) is 13.8. The second-order valence-electron chi connectivity index (χ2n) is 5.89. The molecule has 0 radical (unpaired) electrons. The van der Waals surface area contributed by atoms with Crippen LogP contribution in [0.1, 0.15) is 31.4 Å². The first-order valence-electron chi connectivity index (χ1n) is 7.98. The van der Waals surface area contributed by atoms with Gasteiger partial charge < -0.3 is 9.73 Å². The summed E-state index contributed by atoms with van der Waals surface area (Å²) in [7, 11) is -3.48. The molecule has 2 aromatic rings. The summed E-state index contributed by atoms with van der Waals surface area (Å²) in [6.07, 6.45) is 5.61. The first kappa shape index (κ1) is 16.2. The predicted octanol–water partition coefficient (Wildman–Crippen LogP) is 2.66. The lowest BCUT2D eigenvalue weighted by atomic mass is 9.91. The van der Waals surface area contributed by atoms with Gasteiger partial charge >= 0.3 is 0 Å². The van der Waals surface area contributed by atoms with E-state index in [1.165, 1.54) is 0 Å². The molecule has 1 aliphatic rings. The molecule has 124 valence electrons. The number of benzene rings is 1.